The van der Waals surface area contributed by atoms with Crippen LogP contribution in [0.3, 0.4) is 0 Å². The van der Waals surface area contributed by atoms with Crippen molar-refractivity contribution < 1.29 is 17.4 Å². The van der Waals surface area contributed by atoms with Crippen molar-refractivity contribution in [2.45, 2.75) is 37.1 Å². The van der Waals surface area contributed by atoms with Gasteiger partial charge in [-0.05, 0) is 44.0 Å². The molecule has 0 spiro atoms. The van der Waals surface area contributed by atoms with Crippen LogP contribution in [0.1, 0.15) is 37.4 Å². The summed E-state index contributed by atoms with van der Waals surface area (Å²) in [6.07, 6.45) is 2.07. The van der Waals surface area contributed by atoms with E-state index in [1.165, 1.54) is 21.0 Å². The van der Waals surface area contributed by atoms with Gasteiger partial charge in [-0.15, -0.1) is 0 Å². The van der Waals surface area contributed by atoms with Crippen LogP contribution >= 0.6 is 0 Å². The second-order valence-electron chi connectivity index (χ2n) is 7.41. The first-order valence-electron chi connectivity index (χ1n) is 10.0. The molecule has 0 aliphatic heterocycles. The van der Waals surface area contributed by atoms with Gasteiger partial charge in [-0.25, -0.2) is 13.2 Å². The van der Waals surface area contributed by atoms with E-state index < -0.39 is 15.8 Å². The quantitative estimate of drug-likeness (QED) is 0.434. The van der Waals surface area contributed by atoms with E-state index in [1.807, 2.05) is 6.07 Å². The molecule has 0 bridgehead atoms. The molecular weight excluding hydrogens is 420 g/mol. The van der Waals surface area contributed by atoms with Crippen LogP contribution in [-0.2, 0) is 16.6 Å². The molecule has 1 saturated carbocycles. The van der Waals surface area contributed by atoms with Gasteiger partial charge in [0.25, 0.3) is 10.0 Å². The van der Waals surface area contributed by atoms with Crippen LogP contribution in [0.5, 0.6) is 0 Å². The van der Waals surface area contributed by atoms with Crippen molar-refractivity contribution >= 4 is 26.8 Å². The van der Waals surface area contributed by atoms with Crippen molar-refractivity contribution in [3.8, 4) is 0 Å². The summed E-state index contributed by atoms with van der Waals surface area (Å²) >= 11 is 0. The fraction of sp³-hybridized carbons (Fsp3) is 0.286. The molecule has 9 nitrogen and oxygen atoms in total. The predicted octanol–water partition coefficient (Wildman–Crippen LogP) is 3.12. The van der Waals surface area contributed by atoms with Crippen LogP contribution in [0, 0.1) is 0 Å². The number of aromatic nitrogens is 3. The Hall–Kier alpha value is -3.40. The number of anilines is 1. The van der Waals surface area contributed by atoms with E-state index in [0.29, 0.717) is 28.8 Å². The fourth-order valence-corrected chi connectivity index (χ4v) is 5.03. The van der Waals surface area contributed by atoms with Crippen LogP contribution in [0.4, 0.5) is 5.69 Å². The van der Waals surface area contributed by atoms with Crippen molar-refractivity contribution in [1.82, 2.24) is 14.7 Å². The molecule has 0 unspecified atom stereocenters. The summed E-state index contributed by atoms with van der Waals surface area (Å²) in [5.74, 6) is 0.671. The molecule has 1 aliphatic carbocycles. The Morgan fingerprint density at radius 2 is 1.94 bits per heavy atom. The first kappa shape index (κ1) is 19.6. The number of nitrogens with zero attached hydrogens (tertiary/aromatic N) is 4. The second kappa shape index (κ2) is 7.38. The van der Waals surface area contributed by atoms with Crippen LogP contribution in [0.2, 0.25) is 0 Å². The summed E-state index contributed by atoms with van der Waals surface area (Å²) in [4.78, 5) is 16.8. The maximum absolute atomic E-state index is 13.2. The number of fused-ring (bicyclic) bond motifs is 1. The van der Waals surface area contributed by atoms with Crippen LogP contribution in [0.25, 0.3) is 11.1 Å². The Morgan fingerprint density at radius 1 is 1.16 bits per heavy atom. The molecule has 1 fully saturated rings. The molecule has 160 valence electrons. The van der Waals surface area contributed by atoms with E-state index in [9.17, 15) is 13.2 Å². The molecule has 2 heterocycles. The molecule has 0 N–H and O–H groups in total. The van der Waals surface area contributed by atoms with Crippen LogP contribution in [-0.4, -0.2) is 29.7 Å². The molecule has 0 amide bonds. The third kappa shape index (κ3) is 3.52. The zero-order valence-corrected chi connectivity index (χ0v) is 17.6. The standard InChI is InChI=1S/C21H20N4O5S/c1-2-25(15-6-4-3-5-7-15)31(27,28)16-10-11-17-18(12-16)29-21(26)24(17)13-19-22-20(30-23-19)14-8-9-14/h3-7,10-12,14H,2,8-9,13H2,1H3. The topological polar surface area (TPSA) is 111 Å². The van der Waals surface area contributed by atoms with E-state index in [-0.39, 0.29) is 23.6 Å². The van der Waals surface area contributed by atoms with Gasteiger partial charge in [0.15, 0.2) is 11.4 Å². The lowest BCUT2D eigenvalue weighted by Gasteiger charge is -2.22. The molecule has 0 radical (unpaired) electrons. The molecule has 5 rings (SSSR count). The van der Waals surface area contributed by atoms with Crippen molar-refractivity contribution in [2.24, 2.45) is 0 Å². The highest BCUT2D eigenvalue weighted by atomic mass is 32.2. The third-order valence-corrected chi connectivity index (χ3v) is 7.17. The van der Waals surface area contributed by atoms with Crippen molar-refractivity contribution in [3.63, 3.8) is 0 Å². The highest BCUT2D eigenvalue weighted by molar-refractivity contribution is 7.92. The number of hydrogen-bond donors (Lipinski definition) is 0. The minimum Gasteiger partial charge on any atom is -0.408 e. The second-order valence-corrected chi connectivity index (χ2v) is 9.27. The summed E-state index contributed by atoms with van der Waals surface area (Å²) in [5, 5.41) is 3.93. The average molecular weight is 440 g/mol. The molecule has 4 aromatic rings. The Labute approximate surface area is 178 Å². The number of para-hydroxylation sites is 1. The van der Waals surface area contributed by atoms with Gasteiger partial charge in [-0.1, -0.05) is 23.4 Å². The van der Waals surface area contributed by atoms with E-state index in [0.717, 1.165) is 12.8 Å². The Morgan fingerprint density at radius 3 is 2.65 bits per heavy atom. The van der Waals surface area contributed by atoms with E-state index in [4.69, 9.17) is 8.94 Å². The van der Waals surface area contributed by atoms with Gasteiger partial charge < -0.3 is 8.94 Å². The van der Waals surface area contributed by atoms with Crippen molar-refractivity contribution in [1.29, 1.82) is 0 Å². The van der Waals surface area contributed by atoms with Gasteiger partial charge in [0.1, 0.15) is 0 Å². The predicted molar refractivity (Wildman–Crippen MR) is 112 cm³/mol. The lowest BCUT2D eigenvalue weighted by atomic mass is 10.3. The van der Waals surface area contributed by atoms with E-state index in [2.05, 4.69) is 10.1 Å². The maximum atomic E-state index is 13.2. The number of benzene rings is 2. The Kier molecular flexibility index (Phi) is 4.66. The monoisotopic (exact) mass is 440 g/mol. The first-order chi connectivity index (χ1) is 15.0. The van der Waals surface area contributed by atoms with Crippen molar-refractivity contribution in [3.05, 3.63) is 70.8 Å². The van der Waals surface area contributed by atoms with Crippen LogP contribution < -0.4 is 10.1 Å². The largest absolute Gasteiger partial charge is 0.420 e. The summed E-state index contributed by atoms with van der Waals surface area (Å²) < 4.78 is 39.7. The zero-order chi connectivity index (χ0) is 21.6. The molecule has 0 atom stereocenters. The van der Waals surface area contributed by atoms with Crippen molar-refractivity contribution in [2.75, 3.05) is 10.8 Å². The van der Waals surface area contributed by atoms with Gasteiger partial charge in [0.05, 0.1) is 22.6 Å². The average Bonchev–Trinajstić information content (AvgIpc) is 3.43. The normalized spacial score (nSPS) is 14.2. The summed E-state index contributed by atoms with van der Waals surface area (Å²) in [5.41, 5.74) is 1.21. The van der Waals surface area contributed by atoms with Gasteiger partial charge >= 0.3 is 5.76 Å². The fourth-order valence-electron chi connectivity index (χ4n) is 3.54. The smallest absolute Gasteiger partial charge is 0.408 e. The number of rotatable bonds is 7. The van der Waals surface area contributed by atoms with E-state index >= 15 is 0 Å². The summed E-state index contributed by atoms with van der Waals surface area (Å²) in [6.45, 7) is 2.11. The van der Waals surface area contributed by atoms with Gasteiger partial charge in [0.2, 0.25) is 5.89 Å². The summed E-state index contributed by atoms with van der Waals surface area (Å²) in [7, 11) is -3.84. The zero-order valence-electron chi connectivity index (χ0n) is 16.8. The minimum atomic E-state index is -3.84. The molecular formula is C21H20N4O5S. The highest BCUT2D eigenvalue weighted by Gasteiger charge is 2.30. The third-order valence-electron chi connectivity index (χ3n) is 5.27. The lowest BCUT2D eigenvalue weighted by Crippen LogP contribution is -2.30. The molecule has 10 heteroatoms. The molecule has 2 aromatic carbocycles. The van der Waals surface area contributed by atoms with Crippen LogP contribution in [0.15, 0.2) is 67.2 Å². The Bertz CT molecular complexity index is 1400. The lowest BCUT2D eigenvalue weighted by molar-refractivity contribution is 0.372. The molecule has 2 aromatic heterocycles. The maximum Gasteiger partial charge on any atom is 0.420 e. The van der Waals surface area contributed by atoms with Gasteiger partial charge in [0, 0.05) is 18.5 Å². The van der Waals surface area contributed by atoms with Gasteiger partial charge in [-0.2, -0.15) is 4.98 Å². The Balaban J connectivity index is 1.49. The highest BCUT2D eigenvalue weighted by Crippen LogP contribution is 2.38. The molecule has 31 heavy (non-hydrogen) atoms. The minimum absolute atomic E-state index is 0.0437. The number of hydrogen-bond acceptors (Lipinski definition) is 7. The van der Waals surface area contributed by atoms with Gasteiger partial charge in [-0.3, -0.25) is 8.87 Å². The van der Waals surface area contributed by atoms with E-state index in [1.54, 1.807) is 37.3 Å². The molecule has 1 aliphatic rings. The SMILES string of the molecule is CCN(c1ccccc1)S(=O)(=O)c1ccc2c(c1)oc(=O)n2Cc1noc(C2CC2)n1. The first-order valence-corrected chi connectivity index (χ1v) is 11.4. The summed E-state index contributed by atoms with van der Waals surface area (Å²) in [6, 6.07) is 13.3. The molecule has 0 saturated heterocycles. The number of oxazole rings is 1. The number of sulfonamides is 1.